The maximum absolute atomic E-state index is 12.4. The summed E-state index contributed by atoms with van der Waals surface area (Å²) in [5.74, 6) is 0.228. The largest absolute Gasteiger partial charge is 0.434 e. The summed E-state index contributed by atoms with van der Waals surface area (Å²) in [6.45, 7) is -0.0865. The highest BCUT2D eigenvalue weighted by Gasteiger charge is 2.14. The molecule has 0 fully saturated rings. The van der Waals surface area contributed by atoms with Crippen LogP contribution in [0.5, 0.6) is 5.75 Å². The number of para-hydroxylation sites is 1. The van der Waals surface area contributed by atoms with E-state index >= 15 is 0 Å². The molecule has 1 heterocycles. The van der Waals surface area contributed by atoms with Crippen molar-refractivity contribution in [2.45, 2.75) is 26.0 Å². The Morgan fingerprint density at radius 3 is 2.67 bits per heavy atom. The van der Waals surface area contributed by atoms with Crippen molar-refractivity contribution in [3.63, 3.8) is 0 Å². The number of nitrogens with one attached hydrogen (secondary N) is 1. The van der Waals surface area contributed by atoms with Gasteiger partial charge in [-0.2, -0.15) is 8.78 Å². The fourth-order valence-electron chi connectivity index (χ4n) is 2.05. The van der Waals surface area contributed by atoms with E-state index in [9.17, 15) is 8.78 Å². The summed E-state index contributed by atoms with van der Waals surface area (Å²) in [7, 11) is 0. The molecule has 114 valence electrons. The molecule has 0 saturated carbocycles. The molecule has 1 atom stereocenters. The standard InChI is InChI=1S/C15H16BrF2NOS/c1-10(19-9-8-11-6-7-14(16)21-11)12-4-2-3-5-13(12)20-15(17)18/h2-7,10,15,19H,8-9H2,1H3. The minimum absolute atomic E-state index is 0.0525. The lowest BCUT2D eigenvalue weighted by Crippen LogP contribution is -2.22. The average molecular weight is 376 g/mol. The van der Waals surface area contributed by atoms with Crippen LogP contribution in [0.15, 0.2) is 40.2 Å². The van der Waals surface area contributed by atoms with Crippen molar-refractivity contribution >= 4 is 27.3 Å². The number of thiophene rings is 1. The fourth-order valence-corrected chi connectivity index (χ4v) is 3.53. The lowest BCUT2D eigenvalue weighted by atomic mass is 10.1. The molecule has 1 aromatic carbocycles. The van der Waals surface area contributed by atoms with Crippen LogP contribution in [0.1, 0.15) is 23.4 Å². The van der Waals surface area contributed by atoms with Crippen molar-refractivity contribution < 1.29 is 13.5 Å². The average Bonchev–Trinajstić information content (AvgIpc) is 2.84. The minimum atomic E-state index is -2.80. The number of rotatable bonds is 7. The van der Waals surface area contributed by atoms with Gasteiger partial charge in [0, 0.05) is 23.0 Å². The van der Waals surface area contributed by atoms with Crippen LogP contribution >= 0.6 is 27.3 Å². The molecule has 2 aromatic rings. The summed E-state index contributed by atoms with van der Waals surface area (Å²) in [6.07, 6.45) is 0.901. The highest BCUT2D eigenvalue weighted by atomic mass is 79.9. The Morgan fingerprint density at radius 1 is 1.24 bits per heavy atom. The Labute approximate surface area is 135 Å². The topological polar surface area (TPSA) is 21.3 Å². The number of benzene rings is 1. The van der Waals surface area contributed by atoms with Gasteiger partial charge in [0.2, 0.25) is 0 Å². The molecule has 2 rings (SSSR count). The Kier molecular flexibility index (Phi) is 6.14. The summed E-state index contributed by atoms with van der Waals surface area (Å²) in [6, 6.07) is 10.9. The van der Waals surface area contributed by atoms with Crippen LogP contribution in [0.2, 0.25) is 0 Å². The van der Waals surface area contributed by atoms with Gasteiger partial charge in [0.05, 0.1) is 3.79 Å². The predicted octanol–water partition coefficient (Wildman–Crippen LogP) is 5.01. The first-order chi connectivity index (χ1) is 10.1. The Balaban J connectivity index is 1.92. The maximum atomic E-state index is 12.4. The second-order valence-corrected chi connectivity index (χ2v) is 7.10. The van der Waals surface area contributed by atoms with E-state index in [0.29, 0.717) is 0 Å². The van der Waals surface area contributed by atoms with Gasteiger partial charge in [0.15, 0.2) is 0 Å². The van der Waals surface area contributed by atoms with E-state index in [4.69, 9.17) is 0 Å². The Bertz CT molecular complexity index is 576. The van der Waals surface area contributed by atoms with Gasteiger partial charge in [0.25, 0.3) is 0 Å². The van der Waals surface area contributed by atoms with E-state index < -0.39 is 6.61 Å². The highest BCUT2D eigenvalue weighted by molar-refractivity contribution is 9.11. The van der Waals surface area contributed by atoms with Gasteiger partial charge in [-0.25, -0.2) is 0 Å². The maximum Gasteiger partial charge on any atom is 0.387 e. The van der Waals surface area contributed by atoms with Crippen LogP contribution in [-0.4, -0.2) is 13.2 Å². The molecule has 1 aromatic heterocycles. The number of ether oxygens (including phenoxy) is 1. The zero-order valence-corrected chi connectivity index (χ0v) is 13.9. The van der Waals surface area contributed by atoms with Crippen molar-refractivity contribution in [3.05, 3.63) is 50.6 Å². The normalized spacial score (nSPS) is 12.6. The summed E-state index contributed by atoms with van der Waals surface area (Å²) >= 11 is 5.13. The fraction of sp³-hybridized carbons (Fsp3) is 0.333. The van der Waals surface area contributed by atoms with Crippen LogP contribution in [0, 0.1) is 0 Å². The van der Waals surface area contributed by atoms with Gasteiger partial charge in [-0.15, -0.1) is 11.3 Å². The molecule has 0 aliphatic rings. The first-order valence-electron chi connectivity index (χ1n) is 6.57. The molecular formula is C15H16BrF2NOS. The van der Waals surface area contributed by atoms with Crippen molar-refractivity contribution in [1.29, 1.82) is 0 Å². The van der Waals surface area contributed by atoms with E-state index in [2.05, 4.69) is 32.0 Å². The molecule has 6 heteroatoms. The molecule has 0 spiro atoms. The van der Waals surface area contributed by atoms with Crippen molar-refractivity contribution in [2.75, 3.05) is 6.54 Å². The van der Waals surface area contributed by atoms with Crippen molar-refractivity contribution in [3.8, 4) is 5.75 Å². The number of hydrogen-bond acceptors (Lipinski definition) is 3. The molecule has 2 nitrogen and oxygen atoms in total. The third kappa shape index (κ3) is 5.05. The molecule has 0 amide bonds. The molecule has 0 aliphatic carbocycles. The number of alkyl halides is 2. The van der Waals surface area contributed by atoms with E-state index in [0.717, 1.165) is 22.3 Å². The molecular weight excluding hydrogens is 360 g/mol. The van der Waals surface area contributed by atoms with Crippen LogP contribution in [0.3, 0.4) is 0 Å². The van der Waals surface area contributed by atoms with E-state index in [1.807, 2.05) is 19.1 Å². The second kappa shape index (κ2) is 7.87. The zero-order valence-electron chi connectivity index (χ0n) is 11.5. The Morgan fingerprint density at radius 2 is 2.00 bits per heavy atom. The summed E-state index contributed by atoms with van der Waals surface area (Å²) in [4.78, 5) is 1.28. The van der Waals surface area contributed by atoms with Gasteiger partial charge in [-0.1, -0.05) is 18.2 Å². The van der Waals surface area contributed by atoms with Crippen LogP contribution in [0.25, 0.3) is 0 Å². The molecule has 0 saturated heterocycles. The molecule has 0 aliphatic heterocycles. The van der Waals surface area contributed by atoms with Crippen LogP contribution in [-0.2, 0) is 6.42 Å². The Hall–Kier alpha value is -0.980. The molecule has 0 radical (unpaired) electrons. The van der Waals surface area contributed by atoms with E-state index in [1.165, 1.54) is 4.88 Å². The predicted molar refractivity (Wildman–Crippen MR) is 85.2 cm³/mol. The van der Waals surface area contributed by atoms with Crippen LogP contribution < -0.4 is 10.1 Å². The van der Waals surface area contributed by atoms with Gasteiger partial charge >= 0.3 is 6.61 Å². The lowest BCUT2D eigenvalue weighted by Gasteiger charge is -2.17. The smallest absolute Gasteiger partial charge is 0.387 e. The molecule has 0 bridgehead atoms. The van der Waals surface area contributed by atoms with Gasteiger partial charge in [-0.05, 0) is 47.5 Å². The van der Waals surface area contributed by atoms with E-state index in [1.54, 1.807) is 29.5 Å². The molecule has 1 unspecified atom stereocenters. The number of hydrogen-bond donors (Lipinski definition) is 1. The monoisotopic (exact) mass is 375 g/mol. The molecule has 21 heavy (non-hydrogen) atoms. The van der Waals surface area contributed by atoms with Gasteiger partial charge < -0.3 is 10.1 Å². The quantitative estimate of drug-likeness (QED) is 0.734. The first-order valence-corrected chi connectivity index (χ1v) is 8.18. The van der Waals surface area contributed by atoms with Crippen molar-refractivity contribution in [1.82, 2.24) is 5.32 Å². The van der Waals surface area contributed by atoms with Gasteiger partial charge in [-0.3, -0.25) is 0 Å². The van der Waals surface area contributed by atoms with E-state index in [-0.39, 0.29) is 11.8 Å². The third-order valence-electron chi connectivity index (χ3n) is 3.05. The van der Waals surface area contributed by atoms with Crippen LogP contribution in [0.4, 0.5) is 8.78 Å². The summed E-state index contributed by atoms with van der Waals surface area (Å²) < 4.78 is 30.5. The second-order valence-electron chi connectivity index (χ2n) is 4.55. The summed E-state index contributed by atoms with van der Waals surface area (Å²) in [5.41, 5.74) is 0.741. The van der Waals surface area contributed by atoms with Gasteiger partial charge in [0.1, 0.15) is 5.75 Å². The first kappa shape index (κ1) is 16.4. The minimum Gasteiger partial charge on any atom is -0.434 e. The lowest BCUT2D eigenvalue weighted by molar-refractivity contribution is -0.0506. The summed E-state index contributed by atoms with van der Waals surface area (Å²) in [5, 5.41) is 3.34. The number of halogens is 3. The SMILES string of the molecule is CC(NCCc1ccc(Br)s1)c1ccccc1OC(F)F. The van der Waals surface area contributed by atoms with Crippen molar-refractivity contribution in [2.24, 2.45) is 0 Å². The zero-order chi connectivity index (χ0) is 15.2. The molecule has 1 N–H and O–H groups in total. The highest BCUT2D eigenvalue weighted by Crippen LogP contribution is 2.26. The third-order valence-corrected chi connectivity index (χ3v) is 4.74.